The van der Waals surface area contributed by atoms with Gasteiger partial charge < -0.3 is 4.74 Å². The molecule has 0 amide bonds. The predicted molar refractivity (Wildman–Crippen MR) is 129 cm³/mol. The summed E-state index contributed by atoms with van der Waals surface area (Å²) in [6.45, 7) is 2.10. The maximum Gasteiger partial charge on any atom is 0.118 e. The molecule has 31 heavy (non-hydrogen) atoms. The minimum atomic E-state index is 0.591. The minimum absolute atomic E-state index is 0.591. The number of allylic oxidation sites excluding steroid dienone is 5. The summed E-state index contributed by atoms with van der Waals surface area (Å²) >= 11 is 0. The monoisotopic (exact) mass is 404 g/mol. The average Bonchev–Trinajstić information content (AvgIpc) is 3.24. The van der Waals surface area contributed by atoms with Crippen molar-refractivity contribution in [3.05, 3.63) is 106 Å². The lowest BCUT2D eigenvalue weighted by molar-refractivity contribution is 0.307. The van der Waals surface area contributed by atoms with Crippen LogP contribution in [0.25, 0.3) is 0 Å². The average molecular weight is 405 g/mol. The normalized spacial score (nSPS) is 15.7. The molecule has 0 atom stereocenters. The number of ether oxygens (including phenoxy) is 1. The lowest BCUT2D eigenvalue weighted by Gasteiger charge is -2.12. The first-order valence-corrected chi connectivity index (χ1v) is 11.1. The third-order valence-corrected chi connectivity index (χ3v) is 5.91. The van der Waals surface area contributed by atoms with Crippen LogP contribution in [0.5, 0.6) is 0 Å². The van der Waals surface area contributed by atoms with Crippen molar-refractivity contribution in [1.82, 2.24) is 0 Å². The van der Waals surface area contributed by atoms with E-state index in [1.807, 2.05) is 12.2 Å². The van der Waals surface area contributed by atoms with Crippen LogP contribution in [0, 0.1) is 30.6 Å². The summed E-state index contributed by atoms with van der Waals surface area (Å²) in [4.78, 5) is 0. The number of benzene rings is 2. The summed E-state index contributed by atoms with van der Waals surface area (Å²) in [6, 6.07) is 14.9. The van der Waals surface area contributed by atoms with Crippen LogP contribution in [-0.2, 0) is 4.74 Å². The highest BCUT2D eigenvalue weighted by atomic mass is 16.5. The standard InChI is InChI=1S/C30H28O/c1-23-10-12-25(13-11-23)14-15-26-17-20-28(30(22-26)27-7-3-4-8-27)19-16-24-6-5-9-29(31-2)21-18-24/h5,9-13,17-18,20-22,27H,3-4,6-8H2,1-2H3. The summed E-state index contributed by atoms with van der Waals surface area (Å²) in [5, 5.41) is 0. The molecule has 1 fully saturated rings. The molecule has 1 nitrogen and oxygen atoms in total. The van der Waals surface area contributed by atoms with Gasteiger partial charge in [-0.2, -0.15) is 0 Å². The molecule has 0 spiro atoms. The van der Waals surface area contributed by atoms with Crippen LogP contribution in [0.3, 0.4) is 0 Å². The molecule has 2 aromatic rings. The van der Waals surface area contributed by atoms with Crippen LogP contribution in [0.4, 0.5) is 0 Å². The van der Waals surface area contributed by atoms with Gasteiger partial charge in [0.05, 0.1) is 7.11 Å². The third kappa shape index (κ3) is 5.59. The molecule has 0 N–H and O–H groups in total. The fourth-order valence-corrected chi connectivity index (χ4v) is 4.09. The van der Waals surface area contributed by atoms with Gasteiger partial charge in [-0.1, -0.05) is 60.3 Å². The lowest BCUT2D eigenvalue weighted by atomic mass is 9.91. The van der Waals surface area contributed by atoms with E-state index in [1.165, 1.54) is 36.8 Å². The van der Waals surface area contributed by atoms with E-state index < -0.39 is 0 Å². The van der Waals surface area contributed by atoms with Crippen molar-refractivity contribution in [3.8, 4) is 23.7 Å². The highest BCUT2D eigenvalue weighted by molar-refractivity contribution is 5.53. The van der Waals surface area contributed by atoms with Crippen molar-refractivity contribution in [2.24, 2.45) is 0 Å². The van der Waals surface area contributed by atoms with E-state index in [4.69, 9.17) is 4.74 Å². The summed E-state index contributed by atoms with van der Waals surface area (Å²) in [7, 11) is 1.69. The van der Waals surface area contributed by atoms with Gasteiger partial charge in [-0.15, -0.1) is 0 Å². The van der Waals surface area contributed by atoms with Gasteiger partial charge in [0.2, 0.25) is 0 Å². The molecule has 2 aliphatic rings. The van der Waals surface area contributed by atoms with Crippen molar-refractivity contribution < 1.29 is 4.74 Å². The van der Waals surface area contributed by atoms with Gasteiger partial charge in [-0.05, 0) is 86.2 Å². The molecule has 2 aliphatic carbocycles. The third-order valence-electron chi connectivity index (χ3n) is 5.91. The van der Waals surface area contributed by atoms with Gasteiger partial charge in [-0.3, -0.25) is 0 Å². The van der Waals surface area contributed by atoms with E-state index in [0.29, 0.717) is 5.92 Å². The second-order valence-electron chi connectivity index (χ2n) is 8.22. The maximum absolute atomic E-state index is 5.31. The van der Waals surface area contributed by atoms with Crippen LogP contribution in [0.1, 0.15) is 65.8 Å². The fraction of sp³-hybridized carbons (Fsp3) is 0.267. The first-order chi connectivity index (χ1) is 15.2. The van der Waals surface area contributed by atoms with Gasteiger partial charge >= 0.3 is 0 Å². The fourth-order valence-electron chi connectivity index (χ4n) is 4.09. The van der Waals surface area contributed by atoms with Gasteiger partial charge in [0.15, 0.2) is 0 Å². The summed E-state index contributed by atoms with van der Waals surface area (Å²) in [5.74, 6) is 15.0. The number of methoxy groups -OCH3 is 1. The van der Waals surface area contributed by atoms with E-state index in [-0.39, 0.29) is 0 Å². The van der Waals surface area contributed by atoms with E-state index in [1.54, 1.807) is 7.11 Å². The lowest BCUT2D eigenvalue weighted by Crippen LogP contribution is -1.97. The molecule has 0 saturated heterocycles. The quantitative estimate of drug-likeness (QED) is 0.499. The number of hydrogen-bond donors (Lipinski definition) is 0. The Morgan fingerprint density at radius 3 is 2.35 bits per heavy atom. The van der Waals surface area contributed by atoms with Crippen molar-refractivity contribution in [2.75, 3.05) is 7.11 Å². The second kappa shape index (κ2) is 10.1. The van der Waals surface area contributed by atoms with Crippen molar-refractivity contribution in [2.45, 2.75) is 44.9 Å². The van der Waals surface area contributed by atoms with Gasteiger partial charge in [0.1, 0.15) is 5.76 Å². The Labute approximate surface area is 186 Å². The van der Waals surface area contributed by atoms with Crippen LogP contribution in [-0.4, -0.2) is 7.11 Å². The Kier molecular flexibility index (Phi) is 6.76. The van der Waals surface area contributed by atoms with Crippen LogP contribution < -0.4 is 0 Å². The van der Waals surface area contributed by atoms with E-state index in [2.05, 4.69) is 85.2 Å². The molecule has 1 heteroatoms. The molecule has 0 aliphatic heterocycles. The molecule has 4 rings (SSSR count). The Morgan fingerprint density at radius 2 is 1.58 bits per heavy atom. The predicted octanol–water partition coefficient (Wildman–Crippen LogP) is 6.82. The Hall–Kier alpha value is -3.42. The Morgan fingerprint density at radius 1 is 0.839 bits per heavy atom. The molecule has 0 aromatic heterocycles. The second-order valence-corrected chi connectivity index (χ2v) is 8.22. The first-order valence-electron chi connectivity index (χ1n) is 11.1. The molecule has 2 aromatic carbocycles. The molecule has 0 unspecified atom stereocenters. The number of rotatable bonds is 2. The van der Waals surface area contributed by atoms with Gasteiger partial charge in [0, 0.05) is 22.3 Å². The van der Waals surface area contributed by atoms with Crippen molar-refractivity contribution >= 4 is 0 Å². The molecule has 0 heterocycles. The molecular weight excluding hydrogens is 376 g/mol. The molecule has 0 bridgehead atoms. The number of hydrogen-bond acceptors (Lipinski definition) is 1. The van der Waals surface area contributed by atoms with Gasteiger partial charge in [-0.25, -0.2) is 0 Å². The van der Waals surface area contributed by atoms with E-state index >= 15 is 0 Å². The zero-order chi connectivity index (χ0) is 21.5. The smallest absolute Gasteiger partial charge is 0.118 e. The van der Waals surface area contributed by atoms with Gasteiger partial charge in [0.25, 0.3) is 0 Å². The molecule has 1 saturated carbocycles. The molecule has 0 radical (unpaired) electrons. The zero-order valence-electron chi connectivity index (χ0n) is 18.4. The molecular formula is C30H28O. The molecule has 154 valence electrons. The summed E-state index contributed by atoms with van der Waals surface area (Å²) in [5.41, 5.74) is 6.97. The van der Waals surface area contributed by atoms with Crippen molar-refractivity contribution in [3.63, 3.8) is 0 Å². The Balaban J connectivity index is 1.63. The van der Waals surface area contributed by atoms with E-state index in [9.17, 15) is 0 Å². The topological polar surface area (TPSA) is 9.23 Å². The minimum Gasteiger partial charge on any atom is -0.497 e. The maximum atomic E-state index is 5.31. The van der Waals surface area contributed by atoms with Crippen molar-refractivity contribution in [1.29, 1.82) is 0 Å². The SMILES string of the molecule is COC1=CC=C(C#Cc2ccc(C#Cc3ccc(C)cc3)cc2C2CCCC2)CC=C1. The zero-order valence-corrected chi connectivity index (χ0v) is 18.4. The van der Waals surface area contributed by atoms with Crippen LogP contribution in [0.2, 0.25) is 0 Å². The first kappa shape index (κ1) is 20.8. The summed E-state index contributed by atoms with van der Waals surface area (Å²) in [6.07, 6.45) is 14.1. The van der Waals surface area contributed by atoms with Crippen LogP contribution >= 0.6 is 0 Å². The Bertz CT molecular complexity index is 1140. The largest absolute Gasteiger partial charge is 0.497 e. The number of aryl methyl sites for hydroxylation is 1. The highest BCUT2D eigenvalue weighted by Gasteiger charge is 2.19. The highest BCUT2D eigenvalue weighted by Crippen LogP contribution is 2.36. The summed E-state index contributed by atoms with van der Waals surface area (Å²) < 4.78 is 5.31. The van der Waals surface area contributed by atoms with E-state index in [0.717, 1.165) is 34.4 Å². The van der Waals surface area contributed by atoms with Crippen LogP contribution in [0.15, 0.2) is 78.1 Å².